The Kier molecular flexibility index (Phi) is 7.81. The summed E-state index contributed by atoms with van der Waals surface area (Å²) in [5.74, 6) is 2.49. The highest BCUT2D eigenvalue weighted by Crippen LogP contribution is 2.64. The van der Waals surface area contributed by atoms with Crippen LogP contribution in [-0.2, 0) is 20.7 Å². The molecular weight excluding hydrogens is 524 g/mol. The number of carbonyl (C=O) groups is 2. The fourth-order valence-electron chi connectivity index (χ4n) is 7.09. The van der Waals surface area contributed by atoms with Crippen LogP contribution in [0.3, 0.4) is 0 Å². The van der Waals surface area contributed by atoms with Crippen molar-refractivity contribution < 1.29 is 39.9 Å². The quantitative estimate of drug-likeness (QED) is 0.142. The summed E-state index contributed by atoms with van der Waals surface area (Å²) >= 11 is 0. The van der Waals surface area contributed by atoms with E-state index in [9.17, 15) is 35.1 Å². The Bertz CT molecular complexity index is 1470. The van der Waals surface area contributed by atoms with E-state index in [2.05, 4.69) is 18.4 Å². The summed E-state index contributed by atoms with van der Waals surface area (Å²) in [6.07, 6.45) is 0.712. The van der Waals surface area contributed by atoms with E-state index >= 15 is 0 Å². The number of phenolic OH excluding ortho intramolecular Hbond substituents is 1. The lowest BCUT2D eigenvalue weighted by molar-refractivity contribution is -0.158. The minimum atomic E-state index is -2.47. The molecule has 4 unspecified atom stereocenters. The second kappa shape index (κ2) is 10.5. The number of ketones is 2. The Labute approximate surface area is 241 Å². The van der Waals surface area contributed by atoms with Crippen molar-refractivity contribution >= 4 is 17.1 Å². The number of carbonyl (C=O) groups excluding carboxylic acids is 2. The van der Waals surface area contributed by atoms with Crippen LogP contribution in [0.1, 0.15) is 95.4 Å². The number of aliphatic hydroxyl groups is 4. The zero-order valence-corrected chi connectivity index (χ0v) is 24.6. The van der Waals surface area contributed by atoms with Gasteiger partial charge in [-0.1, -0.05) is 53.5 Å². The van der Waals surface area contributed by atoms with Crippen LogP contribution in [-0.4, -0.2) is 55.6 Å². The molecule has 5 N–H and O–H groups in total. The maximum Gasteiger partial charge on any atom is 0.220 e. The summed E-state index contributed by atoms with van der Waals surface area (Å²) < 4.78 is 5.30. The minimum absolute atomic E-state index is 0.0172. The molecule has 0 aliphatic heterocycles. The van der Waals surface area contributed by atoms with Gasteiger partial charge in [-0.3, -0.25) is 9.59 Å². The number of aromatic hydroxyl groups is 1. The first kappa shape index (κ1) is 30.6. The molecule has 0 radical (unpaired) electrons. The summed E-state index contributed by atoms with van der Waals surface area (Å²) in [5.41, 5.74) is -2.36. The van der Waals surface area contributed by atoms with Gasteiger partial charge in [-0.2, -0.15) is 0 Å². The second-order valence-corrected chi connectivity index (χ2v) is 12.5. The lowest BCUT2D eigenvalue weighted by Gasteiger charge is -2.57. The van der Waals surface area contributed by atoms with E-state index in [4.69, 9.17) is 4.74 Å². The van der Waals surface area contributed by atoms with Crippen molar-refractivity contribution in [2.45, 2.75) is 91.5 Å². The number of Topliss-reactive ketones (excluding diaryl/α,β-unsaturated/α-hetero) is 2. The molecule has 0 saturated carbocycles. The molecule has 4 atom stereocenters. The number of fused-ring (bicyclic) bond motifs is 3. The largest absolute Gasteiger partial charge is 0.511 e. The first-order valence-corrected chi connectivity index (χ1v) is 14.1. The average molecular weight is 565 g/mol. The summed E-state index contributed by atoms with van der Waals surface area (Å²) in [6, 6.07) is 1.79. The van der Waals surface area contributed by atoms with Gasteiger partial charge >= 0.3 is 0 Å². The minimum Gasteiger partial charge on any atom is -0.511 e. The summed E-state index contributed by atoms with van der Waals surface area (Å²) in [7, 11) is 0. The Balaban J connectivity index is 1.92. The van der Waals surface area contributed by atoms with E-state index < -0.39 is 51.4 Å². The molecule has 0 saturated heterocycles. The van der Waals surface area contributed by atoms with Crippen molar-refractivity contribution in [3.63, 3.8) is 0 Å². The lowest BCUT2D eigenvalue weighted by atomic mass is 9.48. The topological polar surface area (TPSA) is 145 Å². The Morgan fingerprint density at radius 1 is 1.20 bits per heavy atom. The summed E-state index contributed by atoms with van der Waals surface area (Å²) in [6.45, 7) is 15.2. The number of unbranched alkanes of at least 4 members (excludes halogenated alkanes) is 1. The van der Waals surface area contributed by atoms with E-state index in [0.717, 1.165) is 30.9 Å². The van der Waals surface area contributed by atoms with Crippen LogP contribution in [0.4, 0.5) is 0 Å². The van der Waals surface area contributed by atoms with Crippen molar-refractivity contribution in [2.24, 2.45) is 10.8 Å². The van der Waals surface area contributed by atoms with Crippen LogP contribution >= 0.6 is 0 Å². The molecule has 4 rings (SSSR count). The lowest BCUT2D eigenvalue weighted by Crippen LogP contribution is -2.63. The summed E-state index contributed by atoms with van der Waals surface area (Å²) in [5, 5.41) is 55.9. The normalized spacial score (nSPS) is 28.1. The first-order valence-electron chi connectivity index (χ1n) is 14.1. The number of rotatable bonds is 6. The Morgan fingerprint density at radius 3 is 2.44 bits per heavy atom. The maximum atomic E-state index is 13.6. The van der Waals surface area contributed by atoms with E-state index in [0.29, 0.717) is 18.6 Å². The first-order chi connectivity index (χ1) is 19.0. The van der Waals surface area contributed by atoms with Gasteiger partial charge in [0.05, 0.1) is 12.2 Å². The third-order valence-electron chi connectivity index (χ3n) is 8.93. The highest BCUT2D eigenvalue weighted by molar-refractivity contribution is 6.24. The number of hydrogen-bond donors (Lipinski definition) is 5. The Morgan fingerprint density at radius 2 is 1.85 bits per heavy atom. The summed E-state index contributed by atoms with van der Waals surface area (Å²) in [4.78, 5) is 25.8. The van der Waals surface area contributed by atoms with Gasteiger partial charge in [0, 0.05) is 28.4 Å². The number of benzene rings is 1. The van der Waals surface area contributed by atoms with Gasteiger partial charge in [-0.25, -0.2) is 0 Å². The van der Waals surface area contributed by atoms with Gasteiger partial charge < -0.3 is 30.3 Å². The van der Waals surface area contributed by atoms with E-state index in [1.54, 1.807) is 13.0 Å². The number of phenols is 1. The highest BCUT2D eigenvalue weighted by Gasteiger charge is 2.67. The van der Waals surface area contributed by atoms with Gasteiger partial charge in [0.1, 0.15) is 22.8 Å². The highest BCUT2D eigenvalue weighted by atomic mass is 16.6. The van der Waals surface area contributed by atoms with E-state index in [1.165, 1.54) is 0 Å². The SMILES string of the molecule is C=C1C2=C(O)C3(O)C(=O)C(C(C)=O)=C(O)CC3(C)CC2(C)Cc2c(C(C)C)cc(C#CC(O)OCCCC)c(O)c21. The predicted molar refractivity (Wildman–Crippen MR) is 154 cm³/mol. The molecule has 0 aromatic heterocycles. The average Bonchev–Trinajstić information content (AvgIpc) is 2.85. The van der Waals surface area contributed by atoms with Crippen molar-refractivity contribution in [1.29, 1.82) is 0 Å². The van der Waals surface area contributed by atoms with Crippen LogP contribution in [0, 0.1) is 22.7 Å². The molecule has 3 aliphatic carbocycles. The fourth-order valence-corrected chi connectivity index (χ4v) is 7.09. The molecule has 0 bridgehead atoms. The maximum absolute atomic E-state index is 13.6. The van der Waals surface area contributed by atoms with Crippen molar-refractivity contribution in [3.8, 4) is 17.6 Å². The molecule has 0 heterocycles. The number of ether oxygens (including phenoxy) is 1. The van der Waals surface area contributed by atoms with Gasteiger partial charge in [0.15, 0.2) is 11.4 Å². The number of allylic oxidation sites excluding steroid dienone is 3. The Hall–Kier alpha value is -3.38. The fraction of sp³-hybridized carbons (Fsp3) is 0.515. The van der Waals surface area contributed by atoms with Crippen molar-refractivity contribution in [3.05, 3.63) is 57.6 Å². The standard InChI is InChI=1S/C33H40O8/c1-8-9-12-41-24(36)11-10-20-13-21(17(2)3)22-14-31(6)16-32(7)15-23(35)26(19(5)34)29(38)33(32,40)30(39)27(31)18(4)25(22)28(20)37/h13,17,24,35-37,39-40H,4,8-9,12,14-16H2,1-3,5-7H3. The third kappa shape index (κ3) is 4.61. The molecule has 0 amide bonds. The molecule has 3 aliphatic rings. The molecular formula is C33H40O8. The smallest absolute Gasteiger partial charge is 0.220 e. The van der Waals surface area contributed by atoms with Gasteiger partial charge in [0.2, 0.25) is 12.1 Å². The van der Waals surface area contributed by atoms with Crippen LogP contribution < -0.4 is 0 Å². The third-order valence-corrected chi connectivity index (χ3v) is 8.93. The van der Waals surface area contributed by atoms with Crippen LogP contribution in [0.25, 0.3) is 5.57 Å². The monoisotopic (exact) mass is 564 g/mol. The molecule has 0 spiro atoms. The van der Waals surface area contributed by atoms with Crippen molar-refractivity contribution in [2.75, 3.05) is 6.61 Å². The van der Waals surface area contributed by atoms with E-state index in [1.807, 2.05) is 27.7 Å². The molecule has 1 aromatic rings. The zero-order valence-electron chi connectivity index (χ0n) is 24.6. The molecule has 8 heteroatoms. The van der Waals surface area contributed by atoms with Crippen LogP contribution in [0.2, 0.25) is 0 Å². The molecule has 0 fully saturated rings. The predicted octanol–water partition coefficient (Wildman–Crippen LogP) is 4.90. The van der Waals surface area contributed by atoms with Crippen LogP contribution in [0.15, 0.2) is 35.3 Å². The van der Waals surface area contributed by atoms with Gasteiger partial charge in [-0.15, -0.1) is 0 Å². The molecule has 41 heavy (non-hydrogen) atoms. The molecule has 220 valence electrons. The second-order valence-electron chi connectivity index (χ2n) is 12.5. The number of hydrogen-bond acceptors (Lipinski definition) is 8. The van der Waals surface area contributed by atoms with Gasteiger partial charge in [-0.05, 0) is 60.8 Å². The molecule has 8 nitrogen and oxygen atoms in total. The van der Waals surface area contributed by atoms with Crippen LogP contribution in [0.5, 0.6) is 5.75 Å². The van der Waals surface area contributed by atoms with Crippen molar-refractivity contribution in [1.82, 2.24) is 0 Å². The zero-order chi connectivity index (χ0) is 30.7. The van der Waals surface area contributed by atoms with E-state index in [-0.39, 0.29) is 41.2 Å². The van der Waals surface area contributed by atoms with Gasteiger partial charge in [0.25, 0.3) is 0 Å². The number of aliphatic hydroxyl groups excluding tert-OH is 3. The molecule has 1 aromatic carbocycles.